The quantitative estimate of drug-likeness (QED) is 0.495. The molecule has 58 valence electrons. The van der Waals surface area contributed by atoms with Gasteiger partial charge in [0, 0.05) is 0 Å². The van der Waals surface area contributed by atoms with Gasteiger partial charge in [-0.05, 0) is 37.5 Å². The first-order valence-electron chi connectivity index (χ1n) is 3.58. The SMILES string of the molecule is CC1=CC(C)=C(C)C(=N)C1=N. The number of rotatable bonds is 0. The van der Waals surface area contributed by atoms with Crippen molar-refractivity contribution < 1.29 is 0 Å². The van der Waals surface area contributed by atoms with Gasteiger partial charge in [0.05, 0.1) is 11.4 Å². The second-order valence-corrected chi connectivity index (χ2v) is 2.89. The molecular weight excluding hydrogens is 136 g/mol. The first kappa shape index (κ1) is 7.92. The lowest BCUT2D eigenvalue weighted by Crippen LogP contribution is -2.18. The lowest BCUT2D eigenvalue weighted by molar-refractivity contribution is 1.32. The maximum absolute atomic E-state index is 7.54. The smallest absolute Gasteiger partial charge is 0.0823 e. The average molecular weight is 148 g/mol. The molecule has 11 heavy (non-hydrogen) atoms. The molecule has 1 rings (SSSR count). The molecule has 0 heterocycles. The Bertz CT molecular complexity index is 289. The zero-order valence-corrected chi connectivity index (χ0v) is 7.08. The molecule has 0 amide bonds. The van der Waals surface area contributed by atoms with Gasteiger partial charge in [0.2, 0.25) is 0 Å². The highest BCUT2D eigenvalue weighted by molar-refractivity contribution is 6.52. The van der Waals surface area contributed by atoms with Crippen LogP contribution in [0, 0.1) is 10.8 Å². The van der Waals surface area contributed by atoms with Crippen molar-refractivity contribution >= 4 is 11.4 Å². The van der Waals surface area contributed by atoms with E-state index in [2.05, 4.69) is 0 Å². The molecule has 1 aliphatic rings. The van der Waals surface area contributed by atoms with E-state index >= 15 is 0 Å². The van der Waals surface area contributed by atoms with Crippen LogP contribution < -0.4 is 0 Å². The van der Waals surface area contributed by atoms with Crippen molar-refractivity contribution in [1.29, 1.82) is 10.8 Å². The van der Waals surface area contributed by atoms with Crippen molar-refractivity contribution in [2.45, 2.75) is 20.8 Å². The van der Waals surface area contributed by atoms with Crippen LogP contribution in [0.25, 0.3) is 0 Å². The highest BCUT2D eigenvalue weighted by Crippen LogP contribution is 2.17. The van der Waals surface area contributed by atoms with Gasteiger partial charge < -0.3 is 0 Å². The number of allylic oxidation sites excluding steroid dienone is 4. The zero-order valence-electron chi connectivity index (χ0n) is 7.08. The highest BCUT2D eigenvalue weighted by atomic mass is 14.5. The molecule has 0 bridgehead atoms. The molecule has 0 aromatic rings. The van der Waals surface area contributed by atoms with Gasteiger partial charge in [0.15, 0.2) is 0 Å². The summed E-state index contributed by atoms with van der Waals surface area (Å²) < 4.78 is 0. The molecule has 2 heteroatoms. The van der Waals surface area contributed by atoms with Gasteiger partial charge in [-0.15, -0.1) is 0 Å². The van der Waals surface area contributed by atoms with Gasteiger partial charge in [0.1, 0.15) is 0 Å². The minimum absolute atomic E-state index is 0.355. The van der Waals surface area contributed by atoms with Crippen molar-refractivity contribution in [3.05, 3.63) is 22.8 Å². The summed E-state index contributed by atoms with van der Waals surface area (Å²) in [4.78, 5) is 0. The summed E-state index contributed by atoms with van der Waals surface area (Å²) in [7, 11) is 0. The standard InChI is InChI=1S/C9H12N2/c1-5-4-6(2)8(10)9(11)7(5)3/h4,10-11H,1-3H3. The zero-order chi connectivity index (χ0) is 8.59. The van der Waals surface area contributed by atoms with Gasteiger partial charge in [-0.25, -0.2) is 0 Å². The van der Waals surface area contributed by atoms with E-state index in [0.29, 0.717) is 11.4 Å². The Labute approximate surface area is 66.6 Å². The predicted molar refractivity (Wildman–Crippen MR) is 47.6 cm³/mol. The van der Waals surface area contributed by atoms with E-state index in [1.165, 1.54) is 0 Å². The Balaban J connectivity index is 3.22. The van der Waals surface area contributed by atoms with Crippen LogP contribution >= 0.6 is 0 Å². The van der Waals surface area contributed by atoms with Crippen LogP contribution in [0.3, 0.4) is 0 Å². The number of nitrogens with one attached hydrogen (secondary N) is 2. The second kappa shape index (κ2) is 2.46. The summed E-state index contributed by atoms with van der Waals surface area (Å²) in [5.41, 5.74) is 3.62. The first-order valence-corrected chi connectivity index (χ1v) is 3.58. The fourth-order valence-electron chi connectivity index (χ4n) is 1.09. The predicted octanol–water partition coefficient (Wildman–Crippen LogP) is 2.32. The van der Waals surface area contributed by atoms with E-state index in [9.17, 15) is 0 Å². The van der Waals surface area contributed by atoms with Crippen LogP contribution in [-0.4, -0.2) is 11.4 Å². The monoisotopic (exact) mass is 148 g/mol. The van der Waals surface area contributed by atoms with E-state index in [0.717, 1.165) is 16.7 Å². The van der Waals surface area contributed by atoms with Gasteiger partial charge >= 0.3 is 0 Å². The molecule has 0 aliphatic heterocycles. The van der Waals surface area contributed by atoms with Crippen molar-refractivity contribution in [2.75, 3.05) is 0 Å². The van der Waals surface area contributed by atoms with E-state index < -0.39 is 0 Å². The lowest BCUT2D eigenvalue weighted by atomic mass is 9.91. The van der Waals surface area contributed by atoms with Crippen LogP contribution in [0.1, 0.15) is 20.8 Å². The molecule has 0 unspecified atom stereocenters. The molecule has 0 aromatic heterocycles. The van der Waals surface area contributed by atoms with E-state index in [4.69, 9.17) is 10.8 Å². The molecule has 2 N–H and O–H groups in total. The van der Waals surface area contributed by atoms with E-state index in [-0.39, 0.29) is 0 Å². The Morgan fingerprint density at radius 3 is 2.09 bits per heavy atom. The molecule has 0 spiro atoms. The molecule has 0 fully saturated rings. The Morgan fingerprint density at radius 2 is 1.55 bits per heavy atom. The van der Waals surface area contributed by atoms with Crippen molar-refractivity contribution in [2.24, 2.45) is 0 Å². The summed E-state index contributed by atoms with van der Waals surface area (Å²) in [6.07, 6.45) is 1.95. The summed E-state index contributed by atoms with van der Waals surface area (Å²) in [6.45, 7) is 5.72. The molecule has 0 atom stereocenters. The van der Waals surface area contributed by atoms with Gasteiger partial charge in [0.25, 0.3) is 0 Å². The summed E-state index contributed by atoms with van der Waals surface area (Å²) >= 11 is 0. The molecule has 0 saturated heterocycles. The number of hydrogen-bond acceptors (Lipinski definition) is 2. The second-order valence-electron chi connectivity index (χ2n) is 2.89. The van der Waals surface area contributed by atoms with Crippen LogP contribution in [0.2, 0.25) is 0 Å². The third-order valence-corrected chi connectivity index (χ3v) is 2.04. The van der Waals surface area contributed by atoms with Crippen LogP contribution in [0.15, 0.2) is 22.8 Å². The van der Waals surface area contributed by atoms with E-state index in [1.54, 1.807) is 0 Å². The lowest BCUT2D eigenvalue weighted by Gasteiger charge is -2.14. The summed E-state index contributed by atoms with van der Waals surface area (Å²) in [5, 5.41) is 15.0. The largest absolute Gasteiger partial charge is 0.298 e. The molecule has 0 aromatic carbocycles. The average Bonchev–Trinajstić information content (AvgIpc) is 1.97. The minimum Gasteiger partial charge on any atom is -0.298 e. The fourth-order valence-corrected chi connectivity index (χ4v) is 1.09. The van der Waals surface area contributed by atoms with Crippen LogP contribution in [0.5, 0.6) is 0 Å². The van der Waals surface area contributed by atoms with Crippen molar-refractivity contribution in [3.8, 4) is 0 Å². The molecule has 2 nitrogen and oxygen atoms in total. The van der Waals surface area contributed by atoms with Gasteiger partial charge in [-0.2, -0.15) is 0 Å². The number of hydrogen-bond donors (Lipinski definition) is 2. The summed E-state index contributed by atoms with van der Waals surface area (Å²) in [6, 6.07) is 0. The maximum Gasteiger partial charge on any atom is 0.0823 e. The topological polar surface area (TPSA) is 47.7 Å². The fraction of sp³-hybridized carbons (Fsp3) is 0.333. The molecule has 0 saturated carbocycles. The molecule has 0 radical (unpaired) electrons. The molecular formula is C9H12N2. The van der Waals surface area contributed by atoms with E-state index in [1.807, 2.05) is 26.8 Å². The Kier molecular flexibility index (Phi) is 1.77. The normalized spacial score (nSPS) is 19.0. The summed E-state index contributed by atoms with van der Waals surface area (Å²) in [5.74, 6) is 0. The van der Waals surface area contributed by atoms with Crippen LogP contribution in [-0.2, 0) is 0 Å². The maximum atomic E-state index is 7.54. The third kappa shape index (κ3) is 1.16. The Morgan fingerprint density at radius 1 is 1.00 bits per heavy atom. The van der Waals surface area contributed by atoms with Gasteiger partial charge in [-0.3, -0.25) is 10.8 Å². The first-order chi connectivity index (χ1) is 5.04. The third-order valence-electron chi connectivity index (χ3n) is 2.04. The van der Waals surface area contributed by atoms with Crippen molar-refractivity contribution in [1.82, 2.24) is 0 Å². The molecule has 1 aliphatic carbocycles. The minimum atomic E-state index is 0.355. The van der Waals surface area contributed by atoms with Crippen molar-refractivity contribution in [3.63, 3.8) is 0 Å². The van der Waals surface area contributed by atoms with Gasteiger partial charge in [-0.1, -0.05) is 6.08 Å². The Hall–Kier alpha value is -1.18. The van der Waals surface area contributed by atoms with Crippen LogP contribution in [0.4, 0.5) is 0 Å². The highest BCUT2D eigenvalue weighted by Gasteiger charge is 2.15.